The molecule has 3 rings (SSSR count). The molecule has 3 N–H and O–H groups in total. The second-order valence-electron chi connectivity index (χ2n) is 8.82. The number of carbonyl (C=O) groups is 4. The maximum absolute atomic E-state index is 14.0. The second-order valence-corrected chi connectivity index (χ2v) is 8.82. The van der Waals surface area contributed by atoms with Gasteiger partial charge in [-0.15, -0.1) is 0 Å². The highest BCUT2D eigenvalue weighted by atomic mass is 19.1. The monoisotopic (exact) mass is 505 g/mol. The van der Waals surface area contributed by atoms with Crippen LogP contribution in [0.15, 0.2) is 36.5 Å². The summed E-state index contributed by atoms with van der Waals surface area (Å²) in [4.78, 5) is 52.8. The van der Waals surface area contributed by atoms with E-state index in [9.17, 15) is 28.0 Å². The summed E-state index contributed by atoms with van der Waals surface area (Å²) < 4.78 is 33.5. The van der Waals surface area contributed by atoms with Crippen molar-refractivity contribution in [3.8, 4) is 0 Å². The SMILES string of the molecule is COC(=O)[C@H](NC(=O)[C@H]1[C@@H](NC(=O)Nc2ccc(F)cc2F)CCN1C(=O)c1cccn1C)C(C)C. The summed E-state index contributed by atoms with van der Waals surface area (Å²) in [5.41, 5.74) is 0.0786. The molecule has 3 atom stereocenters. The molecule has 0 aliphatic carbocycles. The summed E-state index contributed by atoms with van der Waals surface area (Å²) >= 11 is 0. The van der Waals surface area contributed by atoms with E-state index < -0.39 is 53.6 Å². The molecule has 1 aromatic carbocycles. The molecule has 36 heavy (non-hydrogen) atoms. The lowest BCUT2D eigenvalue weighted by atomic mass is 10.0. The van der Waals surface area contributed by atoms with E-state index in [0.717, 1.165) is 12.1 Å². The molecule has 10 nitrogen and oxygen atoms in total. The van der Waals surface area contributed by atoms with Gasteiger partial charge in [0.1, 0.15) is 29.4 Å². The van der Waals surface area contributed by atoms with Gasteiger partial charge in [-0.05, 0) is 36.6 Å². The molecule has 0 radical (unpaired) electrons. The van der Waals surface area contributed by atoms with E-state index in [1.165, 1.54) is 12.0 Å². The maximum atomic E-state index is 14.0. The number of esters is 1. The number of hydrogen-bond acceptors (Lipinski definition) is 5. The number of methoxy groups -OCH3 is 1. The summed E-state index contributed by atoms with van der Waals surface area (Å²) in [6, 6.07) is 2.13. The van der Waals surface area contributed by atoms with Crippen molar-refractivity contribution >= 4 is 29.5 Å². The van der Waals surface area contributed by atoms with Crippen LogP contribution in [0.4, 0.5) is 19.3 Å². The smallest absolute Gasteiger partial charge is 0.328 e. The van der Waals surface area contributed by atoms with Crippen LogP contribution in [0.2, 0.25) is 0 Å². The molecule has 1 aromatic heterocycles. The fraction of sp³-hybridized carbons (Fsp3) is 0.417. The highest BCUT2D eigenvalue weighted by Crippen LogP contribution is 2.23. The number of anilines is 1. The third-order valence-electron chi connectivity index (χ3n) is 6.01. The molecule has 0 bridgehead atoms. The Morgan fingerprint density at radius 2 is 1.86 bits per heavy atom. The third-order valence-corrected chi connectivity index (χ3v) is 6.01. The molecule has 4 amide bonds. The third kappa shape index (κ3) is 5.81. The van der Waals surface area contributed by atoms with Crippen molar-refractivity contribution in [1.82, 2.24) is 20.1 Å². The first-order valence-electron chi connectivity index (χ1n) is 11.4. The first-order valence-corrected chi connectivity index (χ1v) is 11.4. The minimum Gasteiger partial charge on any atom is -0.467 e. The molecule has 12 heteroatoms. The number of nitrogens with one attached hydrogen (secondary N) is 3. The van der Waals surface area contributed by atoms with Gasteiger partial charge in [-0.2, -0.15) is 0 Å². The number of hydrogen-bond donors (Lipinski definition) is 3. The van der Waals surface area contributed by atoms with Crippen molar-refractivity contribution in [2.75, 3.05) is 19.0 Å². The van der Waals surface area contributed by atoms with Crippen molar-refractivity contribution in [2.45, 2.75) is 38.4 Å². The predicted molar refractivity (Wildman–Crippen MR) is 126 cm³/mol. The molecule has 194 valence electrons. The highest BCUT2D eigenvalue weighted by molar-refractivity contribution is 5.99. The zero-order chi connectivity index (χ0) is 26.6. The van der Waals surface area contributed by atoms with Crippen LogP contribution >= 0.6 is 0 Å². The van der Waals surface area contributed by atoms with Gasteiger partial charge in [0.05, 0.1) is 18.8 Å². The zero-order valence-corrected chi connectivity index (χ0v) is 20.4. The quantitative estimate of drug-likeness (QED) is 0.497. The summed E-state index contributed by atoms with van der Waals surface area (Å²) in [5.74, 6) is -3.81. The van der Waals surface area contributed by atoms with Crippen LogP contribution < -0.4 is 16.0 Å². The molecule has 1 fully saturated rings. The average Bonchev–Trinajstić information content (AvgIpc) is 3.44. The first kappa shape index (κ1) is 26.6. The first-order chi connectivity index (χ1) is 17.0. The number of benzene rings is 1. The van der Waals surface area contributed by atoms with Crippen molar-refractivity contribution in [3.63, 3.8) is 0 Å². The zero-order valence-electron chi connectivity index (χ0n) is 20.4. The van der Waals surface area contributed by atoms with Crippen LogP contribution in [-0.2, 0) is 21.4 Å². The van der Waals surface area contributed by atoms with Gasteiger partial charge < -0.3 is 30.2 Å². The van der Waals surface area contributed by atoms with Crippen molar-refractivity contribution in [3.05, 3.63) is 53.9 Å². The van der Waals surface area contributed by atoms with Crippen LogP contribution in [0.3, 0.4) is 0 Å². The largest absolute Gasteiger partial charge is 0.467 e. The topological polar surface area (TPSA) is 122 Å². The summed E-state index contributed by atoms with van der Waals surface area (Å²) in [7, 11) is 2.89. The number of likely N-dealkylation sites (tertiary alicyclic amines) is 1. The number of urea groups is 1. The Hall–Kier alpha value is -3.96. The Balaban J connectivity index is 1.84. The predicted octanol–water partition coefficient (Wildman–Crippen LogP) is 2.02. The number of halogens is 2. The average molecular weight is 506 g/mol. The molecule has 1 aliphatic heterocycles. The number of ether oxygens (including phenoxy) is 1. The number of carbonyl (C=O) groups excluding carboxylic acids is 4. The standard InChI is InChI=1S/C24H29F2N5O5/c1-13(2)19(23(34)36-4)29-21(32)20-17(9-11-31(20)22(33)18-6-5-10-30(18)3)28-24(35)27-16-8-7-14(25)12-15(16)26/h5-8,10,12-13,17,19-20H,9,11H2,1-4H3,(H,29,32)(H2,27,28,35)/t17-,19+,20+/m0/s1. The van der Waals surface area contributed by atoms with Gasteiger partial charge in [0.15, 0.2) is 0 Å². The van der Waals surface area contributed by atoms with Crippen LogP contribution in [0.5, 0.6) is 0 Å². The lowest BCUT2D eigenvalue weighted by molar-refractivity contribution is -0.146. The Morgan fingerprint density at radius 1 is 1.14 bits per heavy atom. The van der Waals surface area contributed by atoms with E-state index in [-0.39, 0.29) is 24.6 Å². The van der Waals surface area contributed by atoms with Crippen LogP contribution in [0.1, 0.15) is 30.8 Å². The Labute approximate surface area is 207 Å². The fourth-order valence-electron chi connectivity index (χ4n) is 4.11. The number of rotatable bonds is 7. The molecular formula is C24H29F2N5O5. The van der Waals surface area contributed by atoms with E-state index in [1.807, 2.05) is 0 Å². The van der Waals surface area contributed by atoms with Gasteiger partial charge in [0.2, 0.25) is 5.91 Å². The Morgan fingerprint density at radius 3 is 2.44 bits per heavy atom. The fourth-order valence-corrected chi connectivity index (χ4v) is 4.11. The van der Waals surface area contributed by atoms with Crippen LogP contribution in [0.25, 0.3) is 0 Å². The normalized spacial score (nSPS) is 18.0. The summed E-state index contributed by atoms with van der Waals surface area (Å²) in [6.45, 7) is 3.59. The van der Waals surface area contributed by atoms with E-state index in [2.05, 4.69) is 16.0 Å². The van der Waals surface area contributed by atoms with E-state index in [1.54, 1.807) is 43.8 Å². The summed E-state index contributed by atoms with van der Waals surface area (Å²) in [5, 5.41) is 7.52. The molecular weight excluding hydrogens is 476 g/mol. The van der Waals surface area contributed by atoms with Crippen LogP contribution in [-0.4, -0.2) is 65.1 Å². The number of nitrogens with zero attached hydrogens (tertiary/aromatic N) is 2. The van der Waals surface area contributed by atoms with Gasteiger partial charge in [0, 0.05) is 25.9 Å². The van der Waals surface area contributed by atoms with Crippen molar-refractivity contribution in [2.24, 2.45) is 13.0 Å². The summed E-state index contributed by atoms with van der Waals surface area (Å²) in [6.07, 6.45) is 1.91. The van der Waals surface area contributed by atoms with E-state index >= 15 is 0 Å². The van der Waals surface area contributed by atoms with Crippen molar-refractivity contribution < 1.29 is 32.7 Å². The maximum Gasteiger partial charge on any atom is 0.328 e. The second kappa shape index (κ2) is 11.2. The highest BCUT2D eigenvalue weighted by Gasteiger charge is 2.44. The molecule has 2 heterocycles. The number of aryl methyl sites for hydroxylation is 1. The molecule has 0 spiro atoms. The van der Waals surface area contributed by atoms with Gasteiger partial charge in [-0.25, -0.2) is 18.4 Å². The minimum absolute atomic E-state index is 0.141. The number of amides is 4. The Kier molecular flexibility index (Phi) is 8.28. The molecule has 2 aromatic rings. The van der Waals surface area contributed by atoms with Gasteiger partial charge in [-0.1, -0.05) is 13.8 Å². The molecule has 1 saturated heterocycles. The van der Waals surface area contributed by atoms with Gasteiger partial charge in [0.25, 0.3) is 5.91 Å². The lowest BCUT2D eigenvalue weighted by Crippen LogP contribution is -2.58. The van der Waals surface area contributed by atoms with Gasteiger partial charge in [-0.3, -0.25) is 9.59 Å². The number of aromatic nitrogens is 1. The van der Waals surface area contributed by atoms with Crippen molar-refractivity contribution in [1.29, 1.82) is 0 Å². The minimum atomic E-state index is -1.16. The van der Waals surface area contributed by atoms with E-state index in [4.69, 9.17) is 4.74 Å². The lowest BCUT2D eigenvalue weighted by Gasteiger charge is -2.30. The van der Waals surface area contributed by atoms with E-state index in [0.29, 0.717) is 11.8 Å². The molecule has 0 saturated carbocycles. The molecule has 0 unspecified atom stereocenters. The van der Waals surface area contributed by atoms with Gasteiger partial charge >= 0.3 is 12.0 Å². The Bertz CT molecular complexity index is 1150. The van der Waals surface area contributed by atoms with Crippen LogP contribution in [0, 0.1) is 17.6 Å². The molecule has 1 aliphatic rings.